The number of hydrogen-bond acceptors (Lipinski definition) is 2. The zero-order chi connectivity index (χ0) is 11.4. The summed E-state index contributed by atoms with van der Waals surface area (Å²) >= 11 is 0. The number of anilines is 1. The number of rotatable bonds is 2. The fourth-order valence-electron chi connectivity index (χ4n) is 1.91. The van der Waals surface area contributed by atoms with Crippen LogP contribution in [0.4, 0.5) is 5.69 Å². The van der Waals surface area contributed by atoms with Gasteiger partial charge in [0.1, 0.15) is 0 Å². The molecule has 92 valence electrons. The molecule has 0 saturated heterocycles. The predicted octanol–water partition coefficient (Wildman–Crippen LogP) is 2.44. The first kappa shape index (κ1) is 13.7. The summed E-state index contributed by atoms with van der Waals surface area (Å²) in [5, 5.41) is 6.20. The van der Waals surface area contributed by atoms with Crippen molar-refractivity contribution >= 4 is 29.6 Å². The van der Waals surface area contributed by atoms with Crippen LogP contribution in [0.25, 0.3) is 5.57 Å². The largest absolute Gasteiger partial charge is 0.326 e. The van der Waals surface area contributed by atoms with Gasteiger partial charge in [0.25, 0.3) is 0 Å². The molecule has 1 amide bonds. The molecule has 0 fully saturated rings. The van der Waals surface area contributed by atoms with Crippen molar-refractivity contribution < 1.29 is 4.79 Å². The van der Waals surface area contributed by atoms with Gasteiger partial charge < -0.3 is 10.6 Å². The third kappa shape index (κ3) is 3.58. The van der Waals surface area contributed by atoms with Crippen LogP contribution in [-0.4, -0.2) is 19.0 Å². The second kappa shape index (κ2) is 6.42. The van der Waals surface area contributed by atoms with Gasteiger partial charge in [0.15, 0.2) is 0 Å². The Morgan fingerprint density at radius 2 is 2.12 bits per heavy atom. The number of nitrogens with one attached hydrogen (secondary N) is 2. The highest BCUT2D eigenvalue weighted by Crippen LogP contribution is 2.24. The molecule has 3 nitrogen and oxygen atoms in total. The van der Waals surface area contributed by atoms with E-state index in [0.717, 1.165) is 30.8 Å². The maximum Gasteiger partial charge on any atom is 0.221 e. The Morgan fingerprint density at radius 3 is 2.76 bits per heavy atom. The number of carbonyl (C=O) groups is 1. The van der Waals surface area contributed by atoms with Crippen LogP contribution in [0.3, 0.4) is 0 Å². The second-order valence-electron chi connectivity index (χ2n) is 3.92. The number of halogens is 1. The van der Waals surface area contributed by atoms with E-state index in [1.165, 1.54) is 12.5 Å². The van der Waals surface area contributed by atoms with E-state index in [-0.39, 0.29) is 18.3 Å². The molecule has 0 aromatic heterocycles. The zero-order valence-corrected chi connectivity index (χ0v) is 10.6. The van der Waals surface area contributed by atoms with Crippen molar-refractivity contribution in [1.29, 1.82) is 0 Å². The van der Waals surface area contributed by atoms with Gasteiger partial charge >= 0.3 is 0 Å². The van der Waals surface area contributed by atoms with Gasteiger partial charge in [-0.15, -0.1) is 12.4 Å². The van der Waals surface area contributed by atoms with Crippen molar-refractivity contribution in [2.45, 2.75) is 13.3 Å². The van der Waals surface area contributed by atoms with Crippen molar-refractivity contribution in [2.75, 3.05) is 18.4 Å². The first-order valence-electron chi connectivity index (χ1n) is 5.54. The third-order valence-corrected chi connectivity index (χ3v) is 2.61. The summed E-state index contributed by atoms with van der Waals surface area (Å²) in [7, 11) is 0. The molecule has 0 saturated carbocycles. The lowest BCUT2D eigenvalue weighted by Crippen LogP contribution is -2.22. The summed E-state index contributed by atoms with van der Waals surface area (Å²) in [5.41, 5.74) is 3.27. The van der Waals surface area contributed by atoms with Crippen molar-refractivity contribution in [3.05, 3.63) is 35.9 Å². The average Bonchev–Trinajstić information content (AvgIpc) is 2.30. The molecule has 0 spiro atoms. The number of para-hydroxylation sites is 1. The summed E-state index contributed by atoms with van der Waals surface area (Å²) in [4.78, 5) is 11.1. The minimum atomic E-state index is -0.0307. The number of carbonyl (C=O) groups excluding carboxylic acids is 1. The van der Waals surface area contributed by atoms with Gasteiger partial charge in [-0.25, -0.2) is 0 Å². The first-order valence-corrected chi connectivity index (χ1v) is 5.54. The third-order valence-electron chi connectivity index (χ3n) is 2.61. The van der Waals surface area contributed by atoms with Crippen LogP contribution in [0.2, 0.25) is 0 Å². The van der Waals surface area contributed by atoms with Crippen molar-refractivity contribution in [1.82, 2.24) is 5.32 Å². The van der Waals surface area contributed by atoms with Crippen LogP contribution in [0.5, 0.6) is 0 Å². The fraction of sp³-hybridized carbons (Fsp3) is 0.308. The Bertz CT molecular complexity index is 429. The Hall–Kier alpha value is -1.32. The lowest BCUT2D eigenvalue weighted by Gasteiger charge is -2.17. The van der Waals surface area contributed by atoms with Gasteiger partial charge in [-0.2, -0.15) is 0 Å². The van der Waals surface area contributed by atoms with E-state index in [0.29, 0.717) is 0 Å². The van der Waals surface area contributed by atoms with Gasteiger partial charge in [-0.05, 0) is 24.6 Å². The summed E-state index contributed by atoms with van der Waals surface area (Å²) in [6.45, 7) is 3.44. The normalized spacial score (nSPS) is 14.5. The van der Waals surface area contributed by atoms with Crippen LogP contribution in [0.1, 0.15) is 18.9 Å². The SMILES string of the molecule is CC(=O)Nc1ccccc1C1=CCCNC1.Cl. The number of hydrogen-bond donors (Lipinski definition) is 2. The highest BCUT2D eigenvalue weighted by molar-refractivity contribution is 5.92. The number of amides is 1. The van der Waals surface area contributed by atoms with Crippen LogP contribution >= 0.6 is 12.4 Å². The van der Waals surface area contributed by atoms with E-state index in [1.807, 2.05) is 24.3 Å². The summed E-state index contributed by atoms with van der Waals surface area (Å²) in [5.74, 6) is -0.0307. The standard InChI is InChI=1S/C13H16N2O.ClH/c1-10(16)15-13-7-3-2-6-12(13)11-5-4-8-14-9-11;/h2-3,5-7,14H,4,8-9H2,1H3,(H,15,16);1H. The average molecular weight is 253 g/mol. The topological polar surface area (TPSA) is 41.1 Å². The van der Waals surface area contributed by atoms with Crippen molar-refractivity contribution in [3.8, 4) is 0 Å². The second-order valence-corrected chi connectivity index (χ2v) is 3.92. The molecule has 0 aliphatic carbocycles. The fourth-order valence-corrected chi connectivity index (χ4v) is 1.91. The Balaban J connectivity index is 0.00000144. The van der Waals surface area contributed by atoms with Gasteiger partial charge in [0, 0.05) is 24.7 Å². The Labute approximate surface area is 108 Å². The van der Waals surface area contributed by atoms with Crippen LogP contribution in [-0.2, 0) is 4.79 Å². The van der Waals surface area contributed by atoms with Crippen LogP contribution in [0, 0.1) is 0 Å². The molecule has 1 aromatic carbocycles. The van der Waals surface area contributed by atoms with Gasteiger partial charge in [0.2, 0.25) is 5.91 Å². The minimum absolute atomic E-state index is 0. The van der Waals surface area contributed by atoms with E-state index in [4.69, 9.17) is 0 Å². The molecule has 0 radical (unpaired) electrons. The van der Waals surface area contributed by atoms with E-state index >= 15 is 0 Å². The molecule has 1 aliphatic heterocycles. The van der Waals surface area contributed by atoms with E-state index in [2.05, 4.69) is 16.7 Å². The molecule has 0 unspecified atom stereocenters. The molecule has 1 aliphatic rings. The molecule has 2 rings (SSSR count). The first-order chi connectivity index (χ1) is 7.77. The molecule has 4 heteroatoms. The van der Waals surface area contributed by atoms with Crippen LogP contribution < -0.4 is 10.6 Å². The highest BCUT2D eigenvalue weighted by atomic mass is 35.5. The summed E-state index contributed by atoms with van der Waals surface area (Å²) < 4.78 is 0. The molecule has 17 heavy (non-hydrogen) atoms. The molecular weight excluding hydrogens is 236 g/mol. The Morgan fingerprint density at radius 1 is 1.35 bits per heavy atom. The summed E-state index contributed by atoms with van der Waals surface area (Å²) in [6, 6.07) is 7.91. The van der Waals surface area contributed by atoms with Crippen molar-refractivity contribution in [3.63, 3.8) is 0 Å². The van der Waals surface area contributed by atoms with E-state index in [9.17, 15) is 4.79 Å². The molecule has 0 bridgehead atoms. The van der Waals surface area contributed by atoms with Gasteiger partial charge in [-0.1, -0.05) is 24.3 Å². The Kier molecular flexibility index (Phi) is 5.19. The smallest absolute Gasteiger partial charge is 0.221 e. The monoisotopic (exact) mass is 252 g/mol. The maximum atomic E-state index is 11.1. The molecule has 1 aromatic rings. The highest BCUT2D eigenvalue weighted by Gasteiger charge is 2.10. The number of benzene rings is 1. The van der Waals surface area contributed by atoms with E-state index in [1.54, 1.807) is 0 Å². The van der Waals surface area contributed by atoms with Crippen molar-refractivity contribution in [2.24, 2.45) is 0 Å². The molecular formula is C13H17ClN2O. The van der Waals surface area contributed by atoms with Gasteiger partial charge in [-0.3, -0.25) is 4.79 Å². The maximum absolute atomic E-state index is 11.1. The molecule has 0 atom stereocenters. The minimum Gasteiger partial charge on any atom is -0.326 e. The lowest BCUT2D eigenvalue weighted by atomic mass is 10.0. The molecule has 2 N–H and O–H groups in total. The lowest BCUT2D eigenvalue weighted by molar-refractivity contribution is -0.114. The predicted molar refractivity (Wildman–Crippen MR) is 73.5 cm³/mol. The van der Waals surface area contributed by atoms with Gasteiger partial charge in [0.05, 0.1) is 0 Å². The van der Waals surface area contributed by atoms with Crippen LogP contribution in [0.15, 0.2) is 30.3 Å². The molecule has 1 heterocycles. The zero-order valence-electron chi connectivity index (χ0n) is 9.82. The summed E-state index contributed by atoms with van der Waals surface area (Å²) in [6.07, 6.45) is 3.28. The van der Waals surface area contributed by atoms with E-state index < -0.39 is 0 Å². The quantitative estimate of drug-likeness (QED) is 0.849.